The number of piperidine rings is 1. The van der Waals surface area contributed by atoms with Crippen LogP contribution in [0.4, 0.5) is 0 Å². The fourth-order valence-electron chi connectivity index (χ4n) is 2.76. The van der Waals surface area contributed by atoms with E-state index in [4.69, 9.17) is 5.26 Å². The van der Waals surface area contributed by atoms with Gasteiger partial charge < -0.3 is 4.90 Å². The molecule has 1 fully saturated rings. The molecule has 1 saturated heterocycles. The summed E-state index contributed by atoms with van der Waals surface area (Å²) in [5.74, 6) is -0.211. The molecule has 1 N–H and O–H groups in total. The number of nitrogens with one attached hydrogen (secondary N) is 1. The lowest BCUT2D eigenvalue weighted by Crippen LogP contribution is -2.51. The minimum Gasteiger partial charge on any atom is -0.339 e. The second kappa shape index (κ2) is 7.11. The normalized spacial score (nSPS) is 19.9. The monoisotopic (exact) mass is 335 g/mol. The lowest BCUT2D eigenvalue weighted by atomic mass is 10.0. The molecule has 0 unspecified atom stereocenters. The molecule has 1 heterocycles. The SMILES string of the molecule is C[C@@H]1CCCCN1C(=O)[C@@H](C)NS(=O)(=O)c1cccc(C#N)c1. The van der Waals surface area contributed by atoms with Gasteiger partial charge in [-0.1, -0.05) is 6.07 Å². The van der Waals surface area contributed by atoms with Crippen LogP contribution < -0.4 is 4.72 Å². The third-order valence-corrected chi connectivity index (χ3v) is 5.60. The zero-order chi connectivity index (χ0) is 17.0. The van der Waals surface area contributed by atoms with E-state index >= 15 is 0 Å². The Labute approximate surface area is 137 Å². The van der Waals surface area contributed by atoms with Crippen molar-refractivity contribution in [2.45, 2.75) is 50.1 Å². The molecule has 7 heteroatoms. The number of sulfonamides is 1. The van der Waals surface area contributed by atoms with E-state index in [-0.39, 0.29) is 22.4 Å². The molecule has 6 nitrogen and oxygen atoms in total. The summed E-state index contributed by atoms with van der Waals surface area (Å²) >= 11 is 0. The van der Waals surface area contributed by atoms with Crippen LogP contribution in [0.5, 0.6) is 0 Å². The van der Waals surface area contributed by atoms with Crippen molar-refractivity contribution in [2.24, 2.45) is 0 Å². The van der Waals surface area contributed by atoms with Crippen molar-refractivity contribution >= 4 is 15.9 Å². The highest BCUT2D eigenvalue weighted by Crippen LogP contribution is 2.18. The fourth-order valence-corrected chi connectivity index (χ4v) is 4.00. The summed E-state index contributed by atoms with van der Waals surface area (Å²) in [7, 11) is -3.84. The lowest BCUT2D eigenvalue weighted by Gasteiger charge is -2.35. The number of hydrogen-bond acceptors (Lipinski definition) is 4. The topological polar surface area (TPSA) is 90.3 Å². The maximum atomic E-state index is 12.5. The third-order valence-electron chi connectivity index (χ3n) is 4.06. The molecule has 1 aromatic carbocycles. The predicted molar refractivity (Wildman–Crippen MR) is 86.0 cm³/mol. The number of hydrogen-bond donors (Lipinski definition) is 1. The molecule has 1 aliphatic heterocycles. The largest absolute Gasteiger partial charge is 0.339 e. The molecule has 124 valence electrons. The van der Waals surface area contributed by atoms with Gasteiger partial charge in [0, 0.05) is 12.6 Å². The summed E-state index contributed by atoms with van der Waals surface area (Å²) < 4.78 is 27.2. The molecule has 0 bridgehead atoms. The zero-order valence-electron chi connectivity index (χ0n) is 13.3. The Bertz CT molecular complexity index is 724. The molecule has 0 radical (unpaired) electrons. The van der Waals surface area contributed by atoms with Crippen LogP contribution in [0.2, 0.25) is 0 Å². The summed E-state index contributed by atoms with van der Waals surface area (Å²) in [4.78, 5) is 14.2. The van der Waals surface area contributed by atoms with Crippen LogP contribution in [0, 0.1) is 11.3 Å². The number of carbonyl (C=O) groups excluding carboxylic acids is 1. The van der Waals surface area contributed by atoms with Gasteiger partial charge in [-0.15, -0.1) is 0 Å². The van der Waals surface area contributed by atoms with E-state index < -0.39 is 16.1 Å². The molecule has 0 aliphatic carbocycles. The first-order chi connectivity index (χ1) is 10.8. The van der Waals surface area contributed by atoms with Gasteiger partial charge >= 0.3 is 0 Å². The van der Waals surface area contributed by atoms with Gasteiger partial charge in [0.25, 0.3) is 0 Å². The van der Waals surface area contributed by atoms with Crippen LogP contribution in [0.1, 0.15) is 38.7 Å². The molecule has 1 aliphatic rings. The average Bonchev–Trinajstić information content (AvgIpc) is 2.54. The van der Waals surface area contributed by atoms with Crippen molar-refractivity contribution in [1.82, 2.24) is 9.62 Å². The van der Waals surface area contributed by atoms with Crippen molar-refractivity contribution < 1.29 is 13.2 Å². The van der Waals surface area contributed by atoms with Gasteiger partial charge in [0.1, 0.15) is 0 Å². The Hall–Kier alpha value is -1.91. The maximum Gasteiger partial charge on any atom is 0.241 e. The van der Waals surface area contributed by atoms with E-state index in [9.17, 15) is 13.2 Å². The van der Waals surface area contributed by atoms with E-state index in [0.717, 1.165) is 19.3 Å². The number of nitriles is 1. The van der Waals surface area contributed by atoms with Crippen molar-refractivity contribution in [3.8, 4) is 6.07 Å². The van der Waals surface area contributed by atoms with Gasteiger partial charge in [0.15, 0.2) is 0 Å². The molecule has 0 saturated carbocycles. The quantitative estimate of drug-likeness (QED) is 0.905. The van der Waals surface area contributed by atoms with Crippen molar-refractivity contribution in [3.63, 3.8) is 0 Å². The first kappa shape index (κ1) is 17.4. The Morgan fingerprint density at radius 2 is 2.17 bits per heavy atom. The molecular formula is C16H21N3O3S. The zero-order valence-corrected chi connectivity index (χ0v) is 14.1. The van der Waals surface area contributed by atoms with Gasteiger partial charge in [-0.2, -0.15) is 9.98 Å². The number of carbonyl (C=O) groups is 1. The lowest BCUT2D eigenvalue weighted by molar-refractivity contribution is -0.135. The van der Waals surface area contributed by atoms with Crippen LogP contribution in [0.15, 0.2) is 29.2 Å². The van der Waals surface area contributed by atoms with Gasteiger partial charge in [0.2, 0.25) is 15.9 Å². The van der Waals surface area contributed by atoms with Gasteiger partial charge in [-0.05, 0) is 51.3 Å². The number of amides is 1. The standard InChI is InChI=1S/C16H21N3O3S/c1-12-6-3-4-9-19(12)16(20)13(2)18-23(21,22)15-8-5-7-14(10-15)11-17/h5,7-8,10,12-13,18H,3-4,6,9H2,1-2H3/t12-,13-/m1/s1. The molecule has 1 amide bonds. The minimum atomic E-state index is -3.84. The van der Waals surface area contributed by atoms with E-state index in [1.165, 1.54) is 24.3 Å². The highest BCUT2D eigenvalue weighted by molar-refractivity contribution is 7.89. The minimum absolute atomic E-state index is 0.0112. The van der Waals surface area contributed by atoms with E-state index in [1.807, 2.05) is 13.0 Å². The summed E-state index contributed by atoms with van der Waals surface area (Å²) in [6.07, 6.45) is 2.97. The van der Waals surface area contributed by atoms with E-state index in [1.54, 1.807) is 11.8 Å². The molecule has 0 spiro atoms. The van der Waals surface area contributed by atoms with Crippen molar-refractivity contribution in [1.29, 1.82) is 5.26 Å². The number of likely N-dealkylation sites (tertiary alicyclic amines) is 1. The van der Waals surface area contributed by atoms with Crippen LogP contribution in [0.3, 0.4) is 0 Å². The van der Waals surface area contributed by atoms with E-state index in [0.29, 0.717) is 6.54 Å². The number of benzene rings is 1. The van der Waals surface area contributed by atoms with Crippen LogP contribution in [0.25, 0.3) is 0 Å². The first-order valence-electron chi connectivity index (χ1n) is 7.68. The van der Waals surface area contributed by atoms with Crippen LogP contribution in [-0.4, -0.2) is 37.9 Å². The summed E-state index contributed by atoms with van der Waals surface area (Å²) in [5.41, 5.74) is 0.261. The molecule has 23 heavy (non-hydrogen) atoms. The van der Waals surface area contributed by atoms with Gasteiger partial charge in [-0.3, -0.25) is 4.79 Å². The predicted octanol–water partition coefficient (Wildman–Crippen LogP) is 1.63. The summed E-state index contributed by atoms with van der Waals surface area (Å²) in [6.45, 7) is 4.19. The highest BCUT2D eigenvalue weighted by atomic mass is 32.2. The Morgan fingerprint density at radius 3 is 2.83 bits per heavy atom. The Morgan fingerprint density at radius 1 is 1.43 bits per heavy atom. The molecule has 1 aromatic rings. The van der Waals surface area contributed by atoms with Crippen LogP contribution in [-0.2, 0) is 14.8 Å². The molecule has 2 atom stereocenters. The van der Waals surface area contributed by atoms with Crippen molar-refractivity contribution in [2.75, 3.05) is 6.54 Å². The number of nitrogens with zero attached hydrogens (tertiary/aromatic N) is 2. The molecule has 2 rings (SSSR count). The average molecular weight is 335 g/mol. The van der Waals surface area contributed by atoms with Gasteiger partial charge in [0.05, 0.1) is 22.6 Å². The van der Waals surface area contributed by atoms with Gasteiger partial charge in [-0.25, -0.2) is 8.42 Å². The summed E-state index contributed by atoms with van der Waals surface area (Å²) in [6, 6.07) is 6.93. The fraction of sp³-hybridized carbons (Fsp3) is 0.500. The second-order valence-electron chi connectivity index (χ2n) is 5.86. The third kappa shape index (κ3) is 4.09. The highest BCUT2D eigenvalue weighted by Gasteiger charge is 2.29. The Kier molecular flexibility index (Phi) is 5.39. The Balaban J connectivity index is 2.13. The first-order valence-corrected chi connectivity index (χ1v) is 9.16. The van der Waals surface area contributed by atoms with Crippen LogP contribution >= 0.6 is 0 Å². The molecular weight excluding hydrogens is 314 g/mol. The second-order valence-corrected chi connectivity index (χ2v) is 7.57. The van der Waals surface area contributed by atoms with Crippen molar-refractivity contribution in [3.05, 3.63) is 29.8 Å². The summed E-state index contributed by atoms with van der Waals surface area (Å²) in [5, 5.41) is 8.87. The molecule has 0 aromatic heterocycles. The maximum absolute atomic E-state index is 12.5. The number of rotatable bonds is 4. The van der Waals surface area contributed by atoms with E-state index in [2.05, 4.69) is 4.72 Å². The smallest absolute Gasteiger partial charge is 0.241 e.